The minimum absolute atomic E-state index is 0. The third-order valence-electron chi connectivity index (χ3n) is 3.14. The van der Waals surface area contributed by atoms with Crippen molar-refractivity contribution >= 4 is 23.5 Å². The first kappa shape index (κ1) is 55.8. The van der Waals surface area contributed by atoms with Crippen LogP contribution >= 0.6 is 11.8 Å². The van der Waals surface area contributed by atoms with Crippen molar-refractivity contribution in [3.63, 3.8) is 0 Å². The summed E-state index contributed by atoms with van der Waals surface area (Å²) in [6.07, 6.45) is 2.15. The summed E-state index contributed by atoms with van der Waals surface area (Å²) >= 11 is 1.66. The molecule has 0 N–H and O–H groups in total. The van der Waals surface area contributed by atoms with Crippen molar-refractivity contribution in [3.05, 3.63) is 117 Å². The van der Waals surface area contributed by atoms with Gasteiger partial charge in [0.2, 0.25) is 0 Å². The van der Waals surface area contributed by atoms with Gasteiger partial charge in [0, 0.05) is 207 Å². The van der Waals surface area contributed by atoms with Crippen molar-refractivity contribution in [2.24, 2.45) is 0 Å². The zero-order valence-electron chi connectivity index (χ0n) is 19.6. The van der Waals surface area contributed by atoms with Gasteiger partial charge >= 0.3 is 0 Å². The molecule has 0 atom stereocenters. The van der Waals surface area contributed by atoms with Crippen molar-refractivity contribution in [1.29, 1.82) is 0 Å². The van der Waals surface area contributed by atoms with E-state index in [1.54, 1.807) is 11.8 Å². The molecular weight excluding hydrogens is 856 g/mol. The van der Waals surface area contributed by atoms with Crippen molar-refractivity contribution in [3.8, 4) is 0 Å². The molecule has 1 aliphatic rings. The van der Waals surface area contributed by atoms with Gasteiger partial charge in [-0.15, -0.1) is 0 Å². The molecule has 6 radical (unpaired) electrons. The van der Waals surface area contributed by atoms with Crippen LogP contribution in [0.4, 0.5) is 5.69 Å². The summed E-state index contributed by atoms with van der Waals surface area (Å²) in [5.74, 6) is 0. The zero-order valence-corrected chi connectivity index (χ0v) is 37.4. The Morgan fingerprint density at radius 1 is 0.677 bits per heavy atom. The first-order valence-electron chi connectivity index (χ1n) is 7.43. The van der Waals surface area contributed by atoms with E-state index in [1.165, 1.54) is 5.56 Å². The van der Waals surface area contributed by atoms with Crippen molar-refractivity contribution in [1.82, 2.24) is 0 Å². The minimum Gasteiger partial charge on any atom is -0.358 e. The number of hydrogen-bond donors (Lipinski definition) is 0. The molecule has 2 aromatic carbocycles. The summed E-state index contributed by atoms with van der Waals surface area (Å²) in [7, 11) is 0. The second-order valence-electron chi connectivity index (χ2n) is 4.53. The maximum absolute atomic E-state index is 4.22. The smallest absolute Gasteiger partial charge is 0.0774 e. The summed E-state index contributed by atoms with van der Waals surface area (Å²) in [5.41, 5.74) is 3.26. The average molecular weight is 886 g/mol. The topological polar surface area (TPSA) is 3.24 Å². The molecule has 0 aliphatic carbocycles. The van der Waals surface area contributed by atoms with Crippen LogP contribution < -0.4 is 4.90 Å². The van der Waals surface area contributed by atoms with Crippen LogP contribution in [0.3, 0.4) is 0 Å². The molecule has 31 heavy (non-hydrogen) atoms. The van der Waals surface area contributed by atoms with Gasteiger partial charge in [-0.05, 0) is 23.8 Å². The molecule has 1 saturated heterocycles. The molecule has 0 spiro atoms. The van der Waals surface area contributed by atoms with Gasteiger partial charge < -0.3 is 27.2 Å². The molecule has 1 aliphatic heterocycles. The number of para-hydroxylation sites is 1. The van der Waals surface area contributed by atoms with E-state index in [4.69, 9.17) is 0 Å². The fourth-order valence-electron chi connectivity index (χ4n) is 2.18. The predicted octanol–water partition coefficient (Wildman–Crippen LogP) is 7.63. The molecule has 1 nitrogen and oxygen atoms in total. The molecule has 1 heterocycles. The summed E-state index contributed by atoms with van der Waals surface area (Å²) in [6, 6.07) is 20.5. The Morgan fingerprint density at radius 3 is 1.48 bits per heavy atom. The Labute approximate surface area is 348 Å². The van der Waals surface area contributed by atoms with E-state index in [-0.39, 0.29) is 219 Å². The van der Waals surface area contributed by atoms with Crippen LogP contribution in [-0.4, -0.2) is 0 Å². The van der Waals surface area contributed by atoms with Gasteiger partial charge in [-0.2, -0.15) is 0 Å². The Balaban J connectivity index is -0.0000000780. The largest absolute Gasteiger partial charge is 0.358 e. The van der Waals surface area contributed by atoms with E-state index in [2.05, 4.69) is 48.4 Å². The van der Waals surface area contributed by atoms with Crippen molar-refractivity contribution in [2.75, 3.05) is 4.90 Å². The van der Waals surface area contributed by atoms with Crippen LogP contribution in [0.5, 0.6) is 0 Å². The standard InChI is InChI=1S/C18H15NS.C2H6.3CH3.6Y/c1-14-18(13-16-9-5-3-6-10-16)20-15(2)19(14)17-11-7-4-8-12-17;1-2;;;;;;;;;/h3-13H,1-2H2;1-2H3;3*1H3;;;;;;/q;;3*-1;;;;;;. The first-order chi connectivity index (χ1) is 10.8. The molecule has 1 fully saturated rings. The van der Waals surface area contributed by atoms with Gasteiger partial charge in [0.25, 0.3) is 0 Å². The van der Waals surface area contributed by atoms with Gasteiger partial charge in [-0.25, -0.2) is 0 Å². The molecule has 3 rings (SSSR count). The fourth-order valence-corrected chi connectivity index (χ4v) is 3.15. The molecule has 154 valence electrons. The van der Waals surface area contributed by atoms with E-state index in [1.807, 2.05) is 50.2 Å². The number of rotatable bonds is 2. The molecule has 2 aromatic rings. The van der Waals surface area contributed by atoms with Crippen LogP contribution in [0.1, 0.15) is 19.4 Å². The average Bonchev–Trinajstić information content (AvgIpc) is 2.85. The quantitative estimate of drug-likeness (QED) is 0.286. The van der Waals surface area contributed by atoms with Gasteiger partial charge in [0.15, 0.2) is 0 Å². The Kier molecular flexibility index (Phi) is 58.5. The van der Waals surface area contributed by atoms with Gasteiger partial charge in [-0.1, -0.05) is 87.3 Å². The van der Waals surface area contributed by atoms with Crippen LogP contribution in [-0.2, 0) is 196 Å². The normalized spacial score (nSPS) is 11.2. The van der Waals surface area contributed by atoms with E-state index in [9.17, 15) is 0 Å². The maximum Gasteiger partial charge on any atom is 0.0774 e. The van der Waals surface area contributed by atoms with Crippen LogP contribution in [0.15, 0.2) is 89.5 Å². The molecule has 8 heteroatoms. The molecule has 0 aromatic heterocycles. The second-order valence-corrected chi connectivity index (χ2v) is 5.65. The number of hydrogen-bond acceptors (Lipinski definition) is 2. The number of anilines is 1. The van der Waals surface area contributed by atoms with Gasteiger partial charge in [0.1, 0.15) is 0 Å². The van der Waals surface area contributed by atoms with Crippen LogP contribution in [0.2, 0.25) is 0 Å². The molecule has 0 amide bonds. The first-order valence-corrected chi connectivity index (χ1v) is 8.25. The number of nitrogens with zero attached hydrogens (tertiary/aromatic N) is 1. The van der Waals surface area contributed by atoms with Crippen molar-refractivity contribution < 1.29 is 196 Å². The molecule has 0 bridgehead atoms. The Hall–Kier alpha value is 4.43. The second kappa shape index (κ2) is 32.5. The Bertz CT molecular complexity index is 694. The number of benzene rings is 2. The fraction of sp³-hybridized carbons (Fsp3) is 0.0870. The third-order valence-corrected chi connectivity index (χ3v) is 4.13. The maximum atomic E-state index is 4.22. The van der Waals surface area contributed by atoms with E-state index < -0.39 is 0 Å². The van der Waals surface area contributed by atoms with Gasteiger partial charge in [0.05, 0.1) is 10.7 Å². The van der Waals surface area contributed by atoms with E-state index >= 15 is 0 Å². The third kappa shape index (κ3) is 18.3. The SMILES string of the molecule is C=C1SC(=Cc2ccccc2)C(=C)N1c1ccccc1.CC.[CH3-].[CH3-].[CH3-].[Y].[Y].[Y].[Y].[Y].[Y]. The summed E-state index contributed by atoms with van der Waals surface area (Å²) < 4.78 is 0. The van der Waals surface area contributed by atoms with Crippen LogP contribution in [0.25, 0.3) is 6.08 Å². The van der Waals surface area contributed by atoms with Crippen LogP contribution in [0, 0.1) is 22.3 Å². The van der Waals surface area contributed by atoms with E-state index in [0.717, 1.165) is 21.3 Å². The zero-order chi connectivity index (χ0) is 15.9. The minimum atomic E-state index is 0. The monoisotopic (exact) mass is 886 g/mol. The molecule has 0 unspecified atom stereocenters. The van der Waals surface area contributed by atoms with Gasteiger partial charge in [-0.3, -0.25) is 0 Å². The summed E-state index contributed by atoms with van der Waals surface area (Å²) in [5, 5.41) is 0.989. The predicted molar refractivity (Wildman–Crippen MR) is 120 cm³/mol. The Morgan fingerprint density at radius 2 is 1.06 bits per heavy atom. The molecule has 0 saturated carbocycles. The molecular formula is C23H30NSY6-3. The van der Waals surface area contributed by atoms with Crippen molar-refractivity contribution in [2.45, 2.75) is 13.8 Å². The summed E-state index contributed by atoms with van der Waals surface area (Å²) in [4.78, 5) is 3.24. The van der Waals surface area contributed by atoms with E-state index in [0.29, 0.717) is 0 Å². The summed E-state index contributed by atoms with van der Waals surface area (Å²) in [6.45, 7) is 12.4. The number of thioether (sulfide) groups is 1.